The monoisotopic (exact) mass is 539 g/mol. The second-order valence-electron chi connectivity index (χ2n) is 8.62. The first-order chi connectivity index (χ1) is 17.5. The molecule has 1 aliphatic heterocycles. The van der Waals surface area contributed by atoms with Crippen LogP contribution in [0.1, 0.15) is 30.3 Å². The van der Waals surface area contributed by atoms with E-state index in [1.54, 1.807) is 12.1 Å². The molecule has 0 unspecified atom stereocenters. The minimum atomic E-state index is -5.08. The van der Waals surface area contributed by atoms with Gasteiger partial charge in [0.05, 0.1) is 11.0 Å². The number of alkyl halides is 3. The summed E-state index contributed by atoms with van der Waals surface area (Å²) in [5.41, 5.74) is 2.04. The Morgan fingerprint density at radius 2 is 1.86 bits per heavy atom. The zero-order valence-corrected chi connectivity index (χ0v) is 20.0. The van der Waals surface area contributed by atoms with Crippen LogP contribution in [0, 0.1) is 5.82 Å². The molecule has 3 N–H and O–H groups in total. The van der Waals surface area contributed by atoms with Crippen LogP contribution in [0.4, 0.5) is 17.6 Å². The van der Waals surface area contributed by atoms with Crippen LogP contribution >= 0.6 is 11.6 Å². The number of H-pyrrole nitrogens is 2. The lowest BCUT2D eigenvalue weighted by molar-refractivity contribution is -0.192. The molecule has 0 spiro atoms. The molecule has 2 aromatic heterocycles. The molecule has 2 aromatic carbocycles. The Labute approximate surface area is 212 Å². The Balaban J connectivity index is 0.000000405. The quantitative estimate of drug-likeness (QED) is 0.325. The van der Waals surface area contributed by atoms with Gasteiger partial charge in [0.1, 0.15) is 17.0 Å². The number of hydrogen-bond acceptors (Lipinski definition) is 5. The molecule has 4 aromatic rings. The zero-order valence-electron chi connectivity index (χ0n) is 19.3. The van der Waals surface area contributed by atoms with E-state index < -0.39 is 23.5 Å². The van der Waals surface area contributed by atoms with Crippen LogP contribution in [-0.2, 0) is 11.2 Å². The maximum Gasteiger partial charge on any atom is 0.490 e. The summed E-state index contributed by atoms with van der Waals surface area (Å²) in [6.45, 7) is 2.76. The molecule has 3 heterocycles. The number of carbonyl (C=O) groups is 1. The van der Waals surface area contributed by atoms with Gasteiger partial charge in [0.25, 0.3) is 5.56 Å². The highest BCUT2D eigenvalue weighted by atomic mass is 35.5. The van der Waals surface area contributed by atoms with Gasteiger partial charge in [-0.05, 0) is 56.3 Å². The number of halogens is 5. The van der Waals surface area contributed by atoms with E-state index in [0.717, 1.165) is 55.5 Å². The van der Waals surface area contributed by atoms with Crippen LogP contribution in [0.3, 0.4) is 0 Å². The molecule has 0 saturated carbocycles. The summed E-state index contributed by atoms with van der Waals surface area (Å²) in [5, 5.41) is 16.4. The number of aromatic amines is 2. The molecular formula is C24H22ClF4N5O3. The zero-order chi connectivity index (χ0) is 26.7. The molecule has 0 aliphatic carbocycles. The summed E-state index contributed by atoms with van der Waals surface area (Å²) in [4.78, 5) is 31.0. The number of carboxylic acids is 1. The second-order valence-corrected chi connectivity index (χ2v) is 9.05. The second kappa shape index (κ2) is 10.9. The number of aliphatic carboxylic acids is 1. The smallest absolute Gasteiger partial charge is 0.475 e. The molecule has 196 valence electrons. The molecule has 37 heavy (non-hydrogen) atoms. The Kier molecular flexibility index (Phi) is 7.79. The number of hydrogen-bond donors (Lipinski definition) is 3. The summed E-state index contributed by atoms with van der Waals surface area (Å²) < 4.78 is 45.6. The van der Waals surface area contributed by atoms with Crippen LogP contribution in [0.5, 0.6) is 0 Å². The Hall–Kier alpha value is -3.51. The number of carboxylic acid groups (broad SMARTS) is 1. The molecule has 13 heteroatoms. The van der Waals surface area contributed by atoms with Crippen molar-refractivity contribution in [3.05, 3.63) is 69.1 Å². The van der Waals surface area contributed by atoms with Gasteiger partial charge < -0.3 is 15.0 Å². The van der Waals surface area contributed by atoms with Gasteiger partial charge in [-0.2, -0.15) is 18.3 Å². The van der Waals surface area contributed by atoms with Crippen molar-refractivity contribution in [3.8, 4) is 0 Å². The molecule has 5 rings (SSSR count). The first-order valence-electron chi connectivity index (χ1n) is 11.4. The highest BCUT2D eigenvalue weighted by Gasteiger charge is 2.38. The molecule has 1 saturated heterocycles. The van der Waals surface area contributed by atoms with Gasteiger partial charge in [-0.15, -0.1) is 0 Å². The van der Waals surface area contributed by atoms with Gasteiger partial charge >= 0.3 is 12.1 Å². The van der Waals surface area contributed by atoms with Crippen molar-refractivity contribution in [2.24, 2.45) is 0 Å². The van der Waals surface area contributed by atoms with E-state index in [-0.39, 0.29) is 11.3 Å². The van der Waals surface area contributed by atoms with Crippen LogP contribution < -0.4 is 5.56 Å². The van der Waals surface area contributed by atoms with Crippen LogP contribution in [-0.4, -0.2) is 62.0 Å². The van der Waals surface area contributed by atoms with Crippen molar-refractivity contribution < 1.29 is 27.5 Å². The van der Waals surface area contributed by atoms with Gasteiger partial charge in [0.15, 0.2) is 0 Å². The van der Waals surface area contributed by atoms with E-state index >= 15 is 0 Å². The van der Waals surface area contributed by atoms with Crippen LogP contribution in [0.25, 0.3) is 21.8 Å². The third-order valence-corrected chi connectivity index (χ3v) is 6.43. The summed E-state index contributed by atoms with van der Waals surface area (Å²) in [6, 6.07) is 10.3. The van der Waals surface area contributed by atoms with Crippen molar-refractivity contribution in [2.45, 2.75) is 31.4 Å². The summed E-state index contributed by atoms with van der Waals surface area (Å²) >= 11 is 6.12. The SMILES string of the molecule is O=C(O)C(F)(F)F.O=c1[nH]c(C2CCN(CCc3[nH]nc4ccc(Cl)cc34)CC2)nc2cccc(F)c12. The Morgan fingerprint density at radius 1 is 1.16 bits per heavy atom. The van der Waals surface area contributed by atoms with Gasteiger partial charge in [0, 0.05) is 35.0 Å². The topological polar surface area (TPSA) is 115 Å². The summed E-state index contributed by atoms with van der Waals surface area (Å²) in [6.07, 6.45) is -2.41. The maximum atomic E-state index is 13.9. The largest absolute Gasteiger partial charge is 0.490 e. The first-order valence-corrected chi connectivity index (χ1v) is 11.7. The minimum Gasteiger partial charge on any atom is -0.475 e. The van der Waals surface area contributed by atoms with Crippen molar-refractivity contribution in [3.63, 3.8) is 0 Å². The van der Waals surface area contributed by atoms with Gasteiger partial charge in [-0.25, -0.2) is 14.2 Å². The summed E-state index contributed by atoms with van der Waals surface area (Å²) in [7, 11) is 0. The third kappa shape index (κ3) is 6.25. The lowest BCUT2D eigenvalue weighted by atomic mass is 9.95. The molecule has 0 amide bonds. The van der Waals surface area contributed by atoms with Gasteiger partial charge in [-0.1, -0.05) is 17.7 Å². The molecule has 0 radical (unpaired) electrons. The number of piperidine rings is 1. The van der Waals surface area contributed by atoms with E-state index in [2.05, 4.69) is 25.1 Å². The Bertz CT molecular complexity index is 1480. The standard InChI is InChI=1S/C22H21ClFN5O.C2HF3O2/c23-14-4-5-17-15(12-14)18(28-27-17)8-11-29-9-6-13(7-10-29)21-25-19-3-1-2-16(24)20(19)22(30)26-21;3-2(4,5)1(6)7/h1-5,12-13H,6-11H2,(H,27,28)(H,25,26,30);(H,6,7). The van der Waals surface area contributed by atoms with E-state index in [1.165, 1.54) is 6.07 Å². The van der Waals surface area contributed by atoms with E-state index in [0.29, 0.717) is 16.4 Å². The fourth-order valence-electron chi connectivity index (χ4n) is 4.29. The van der Waals surface area contributed by atoms with Crippen molar-refractivity contribution >= 4 is 39.4 Å². The first kappa shape index (κ1) is 26.6. The average molecular weight is 540 g/mol. The lowest BCUT2D eigenvalue weighted by Gasteiger charge is -2.31. The molecule has 0 bridgehead atoms. The Morgan fingerprint density at radius 3 is 2.54 bits per heavy atom. The molecule has 0 atom stereocenters. The minimum absolute atomic E-state index is 0.0329. The van der Waals surface area contributed by atoms with E-state index in [1.807, 2.05) is 18.2 Å². The van der Waals surface area contributed by atoms with Crippen molar-refractivity contribution in [2.75, 3.05) is 19.6 Å². The van der Waals surface area contributed by atoms with Crippen molar-refractivity contribution in [1.82, 2.24) is 25.1 Å². The van der Waals surface area contributed by atoms with Gasteiger partial charge in [-0.3, -0.25) is 9.89 Å². The highest BCUT2D eigenvalue weighted by Crippen LogP contribution is 2.27. The van der Waals surface area contributed by atoms with Crippen molar-refractivity contribution in [1.29, 1.82) is 0 Å². The molecule has 8 nitrogen and oxygen atoms in total. The number of nitrogens with one attached hydrogen (secondary N) is 2. The number of likely N-dealkylation sites (tertiary alicyclic amines) is 1. The molecule has 1 fully saturated rings. The predicted octanol–water partition coefficient (Wildman–Crippen LogP) is 4.65. The molecular weight excluding hydrogens is 518 g/mol. The highest BCUT2D eigenvalue weighted by molar-refractivity contribution is 6.31. The summed E-state index contributed by atoms with van der Waals surface area (Å²) in [5.74, 6) is -2.46. The normalized spacial score (nSPS) is 15.1. The van der Waals surface area contributed by atoms with E-state index in [9.17, 15) is 22.4 Å². The molecule has 1 aliphatic rings. The van der Waals surface area contributed by atoms with E-state index in [4.69, 9.17) is 21.5 Å². The van der Waals surface area contributed by atoms with Crippen LogP contribution in [0.15, 0.2) is 41.2 Å². The predicted molar refractivity (Wildman–Crippen MR) is 129 cm³/mol. The number of rotatable bonds is 4. The number of aromatic nitrogens is 4. The number of nitrogens with zero attached hydrogens (tertiary/aromatic N) is 3. The number of benzene rings is 2. The number of fused-ring (bicyclic) bond motifs is 2. The maximum absolute atomic E-state index is 13.9. The van der Waals surface area contributed by atoms with Gasteiger partial charge in [0.2, 0.25) is 0 Å². The third-order valence-electron chi connectivity index (χ3n) is 6.19. The fourth-order valence-corrected chi connectivity index (χ4v) is 4.46. The fraction of sp³-hybridized carbons (Fsp3) is 0.333. The van der Waals surface area contributed by atoms with Crippen LogP contribution in [0.2, 0.25) is 5.02 Å². The lowest BCUT2D eigenvalue weighted by Crippen LogP contribution is -2.35. The average Bonchev–Trinajstić information content (AvgIpc) is 3.24.